The summed E-state index contributed by atoms with van der Waals surface area (Å²) in [4.78, 5) is 15.9. The average Bonchev–Trinajstić information content (AvgIpc) is 2.46. The fourth-order valence-electron chi connectivity index (χ4n) is 1.83. The van der Waals surface area contributed by atoms with Gasteiger partial charge in [-0.2, -0.15) is 5.10 Å². The topological polar surface area (TPSA) is 74.6 Å². The molecule has 5 heteroatoms. The Kier molecular flexibility index (Phi) is 5.04. The lowest BCUT2D eigenvalue weighted by Crippen LogP contribution is -2.18. The Bertz CT molecular complexity index is 653. The van der Waals surface area contributed by atoms with Crippen molar-refractivity contribution in [2.45, 2.75) is 19.8 Å². The molecule has 1 aromatic carbocycles. The number of phenolic OH excluding ortho intramolecular Hbond substituents is 1. The SMILES string of the molecule is Cc1cccc(/C=N\NC(=O)CCc2ccccc2O)n1. The van der Waals surface area contributed by atoms with Gasteiger partial charge >= 0.3 is 0 Å². The summed E-state index contributed by atoms with van der Waals surface area (Å²) in [6.07, 6.45) is 2.23. The molecule has 0 saturated carbocycles. The van der Waals surface area contributed by atoms with Crippen molar-refractivity contribution in [1.29, 1.82) is 0 Å². The van der Waals surface area contributed by atoms with E-state index in [0.717, 1.165) is 11.3 Å². The van der Waals surface area contributed by atoms with E-state index < -0.39 is 0 Å². The minimum Gasteiger partial charge on any atom is -0.508 e. The third-order valence-corrected chi connectivity index (χ3v) is 2.91. The fourth-order valence-corrected chi connectivity index (χ4v) is 1.83. The van der Waals surface area contributed by atoms with Gasteiger partial charge in [0, 0.05) is 12.1 Å². The molecule has 0 aliphatic heterocycles. The quantitative estimate of drug-likeness (QED) is 0.652. The Morgan fingerprint density at radius 2 is 2.10 bits per heavy atom. The maximum absolute atomic E-state index is 11.7. The number of carbonyl (C=O) groups is 1. The number of para-hydroxylation sites is 1. The van der Waals surface area contributed by atoms with E-state index >= 15 is 0 Å². The molecule has 1 amide bonds. The van der Waals surface area contributed by atoms with Crippen LogP contribution in [0.5, 0.6) is 5.75 Å². The zero-order valence-corrected chi connectivity index (χ0v) is 11.8. The summed E-state index contributed by atoms with van der Waals surface area (Å²) in [5.41, 5.74) is 4.78. The van der Waals surface area contributed by atoms with Crippen LogP contribution in [0.1, 0.15) is 23.4 Å². The molecule has 0 bridgehead atoms. The number of hydrogen-bond acceptors (Lipinski definition) is 4. The van der Waals surface area contributed by atoms with Crippen molar-refractivity contribution in [3.63, 3.8) is 0 Å². The molecule has 0 atom stereocenters. The number of hydrogen-bond donors (Lipinski definition) is 2. The Morgan fingerprint density at radius 3 is 2.86 bits per heavy atom. The van der Waals surface area contributed by atoms with E-state index in [2.05, 4.69) is 15.5 Å². The summed E-state index contributed by atoms with van der Waals surface area (Å²) < 4.78 is 0. The number of carbonyl (C=O) groups excluding carboxylic acids is 1. The molecule has 2 rings (SSSR count). The van der Waals surface area contributed by atoms with Crippen molar-refractivity contribution < 1.29 is 9.90 Å². The number of aromatic nitrogens is 1. The minimum absolute atomic E-state index is 0.206. The lowest BCUT2D eigenvalue weighted by molar-refractivity contribution is -0.121. The maximum atomic E-state index is 11.7. The Morgan fingerprint density at radius 1 is 1.29 bits per heavy atom. The smallest absolute Gasteiger partial charge is 0.240 e. The van der Waals surface area contributed by atoms with E-state index in [1.807, 2.05) is 31.2 Å². The van der Waals surface area contributed by atoms with Gasteiger partial charge in [-0.15, -0.1) is 0 Å². The molecule has 2 N–H and O–H groups in total. The van der Waals surface area contributed by atoms with Crippen LogP contribution in [0, 0.1) is 6.92 Å². The van der Waals surface area contributed by atoms with Crippen molar-refractivity contribution in [3.8, 4) is 5.75 Å². The summed E-state index contributed by atoms with van der Waals surface area (Å²) in [6.45, 7) is 1.89. The molecular formula is C16H17N3O2. The molecule has 0 aliphatic carbocycles. The zero-order valence-electron chi connectivity index (χ0n) is 11.8. The van der Waals surface area contributed by atoms with Gasteiger partial charge in [0.15, 0.2) is 0 Å². The third kappa shape index (κ3) is 4.72. The highest BCUT2D eigenvalue weighted by atomic mass is 16.3. The first-order chi connectivity index (χ1) is 10.1. The van der Waals surface area contributed by atoms with Crippen molar-refractivity contribution in [2.75, 3.05) is 0 Å². The van der Waals surface area contributed by atoms with Gasteiger partial charge < -0.3 is 5.11 Å². The predicted molar refractivity (Wildman–Crippen MR) is 81.1 cm³/mol. The number of rotatable bonds is 5. The highest BCUT2D eigenvalue weighted by Crippen LogP contribution is 2.16. The van der Waals surface area contributed by atoms with Crippen molar-refractivity contribution in [1.82, 2.24) is 10.4 Å². The van der Waals surface area contributed by atoms with Gasteiger partial charge in [0.25, 0.3) is 0 Å². The van der Waals surface area contributed by atoms with Crippen LogP contribution in [0.4, 0.5) is 0 Å². The average molecular weight is 283 g/mol. The summed E-state index contributed by atoms with van der Waals surface area (Å²) in [7, 11) is 0. The number of amides is 1. The number of pyridine rings is 1. The van der Waals surface area contributed by atoms with Gasteiger partial charge in [-0.25, -0.2) is 5.43 Å². The molecule has 0 radical (unpaired) electrons. The summed E-state index contributed by atoms with van der Waals surface area (Å²) in [5, 5.41) is 13.5. The van der Waals surface area contributed by atoms with Gasteiger partial charge in [0.1, 0.15) is 5.75 Å². The van der Waals surface area contributed by atoms with Crippen LogP contribution < -0.4 is 5.43 Å². The Labute approximate surface area is 123 Å². The third-order valence-electron chi connectivity index (χ3n) is 2.91. The molecule has 0 fully saturated rings. The monoisotopic (exact) mass is 283 g/mol. The second-order valence-electron chi connectivity index (χ2n) is 4.63. The lowest BCUT2D eigenvalue weighted by Gasteiger charge is -2.03. The molecular weight excluding hydrogens is 266 g/mol. The first-order valence-electron chi connectivity index (χ1n) is 6.67. The van der Waals surface area contributed by atoms with E-state index in [1.54, 1.807) is 18.2 Å². The fraction of sp³-hybridized carbons (Fsp3) is 0.188. The second kappa shape index (κ2) is 7.19. The van der Waals surface area contributed by atoms with Crippen LogP contribution in [-0.4, -0.2) is 22.2 Å². The van der Waals surface area contributed by atoms with Crippen LogP contribution in [-0.2, 0) is 11.2 Å². The molecule has 0 spiro atoms. The number of nitrogens with zero attached hydrogens (tertiary/aromatic N) is 2. The standard InChI is InChI=1S/C16H17N3O2/c1-12-5-4-7-14(18-12)11-17-19-16(21)10-9-13-6-2-3-8-15(13)20/h2-8,11,20H,9-10H2,1H3,(H,19,21)/b17-11-. The van der Waals surface area contributed by atoms with Gasteiger partial charge in [-0.1, -0.05) is 24.3 Å². The molecule has 2 aromatic rings. The van der Waals surface area contributed by atoms with Crippen LogP contribution in [0.2, 0.25) is 0 Å². The van der Waals surface area contributed by atoms with E-state index in [-0.39, 0.29) is 18.1 Å². The molecule has 1 aromatic heterocycles. The first-order valence-corrected chi connectivity index (χ1v) is 6.67. The molecule has 1 heterocycles. The number of aryl methyl sites for hydroxylation is 2. The first kappa shape index (κ1) is 14.7. The zero-order chi connectivity index (χ0) is 15.1. The summed E-state index contributed by atoms with van der Waals surface area (Å²) in [5.74, 6) is -0.0000758. The maximum Gasteiger partial charge on any atom is 0.240 e. The largest absolute Gasteiger partial charge is 0.508 e. The van der Waals surface area contributed by atoms with E-state index in [0.29, 0.717) is 12.1 Å². The summed E-state index contributed by atoms with van der Waals surface area (Å²) >= 11 is 0. The normalized spacial score (nSPS) is 10.7. The number of benzene rings is 1. The van der Waals surface area contributed by atoms with Gasteiger partial charge in [0.05, 0.1) is 11.9 Å². The predicted octanol–water partition coefficient (Wildman–Crippen LogP) is 2.18. The minimum atomic E-state index is -0.206. The molecule has 108 valence electrons. The number of aromatic hydroxyl groups is 1. The Hall–Kier alpha value is -2.69. The molecule has 0 unspecified atom stereocenters. The number of hydrazone groups is 1. The van der Waals surface area contributed by atoms with Crippen LogP contribution >= 0.6 is 0 Å². The highest BCUT2D eigenvalue weighted by Gasteiger charge is 2.04. The van der Waals surface area contributed by atoms with Crippen LogP contribution in [0.3, 0.4) is 0 Å². The van der Waals surface area contributed by atoms with Crippen molar-refractivity contribution in [2.24, 2.45) is 5.10 Å². The summed E-state index contributed by atoms with van der Waals surface area (Å²) in [6, 6.07) is 12.6. The van der Waals surface area contributed by atoms with E-state index in [9.17, 15) is 9.90 Å². The molecule has 0 aliphatic rings. The van der Waals surface area contributed by atoms with E-state index in [4.69, 9.17) is 0 Å². The van der Waals surface area contributed by atoms with Crippen molar-refractivity contribution in [3.05, 3.63) is 59.4 Å². The van der Waals surface area contributed by atoms with Gasteiger partial charge in [0.2, 0.25) is 5.91 Å². The molecule has 21 heavy (non-hydrogen) atoms. The Balaban J connectivity index is 1.81. The van der Waals surface area contributed by atoms with Crippen molar-refractivity contribution >= 4 is 12.1 Å². The van der Waals surface area contributed by atoms with Gasteiger partial charge in [-0.05, 0) is 37.1 Å². The van der Waals surface area contributed by atoms with Crippen LogP contribution in [0.15, 0.2) is 47.6 Å². The number of nitrogens with one attached hydrogen (secondary N) is 1. The lowest BCUT2D eigenvalue weighted by atomic mass is 10.1. The van der Waals surface area contributed by atoms with Gasteiger partial charge in [-0.3, -0.25) is 9.78 Å². The molecule has 5 nitrogen and oxygen atoms in total. The number of phenols is 1. The molecule has 0 saturated heterocycles. The second-order valence-corrected chi connectivity index (χ2v) is 4.63. The van der Waals surface area contributed by atoms with E-state index in [1.165, 1.54) is 6.21 Å². The highest BCUT2D eigenvalue weighted by molar-refractivity contribution is 5.80. The van der Waals surface area contributed by atoms with Crippen LogP contribution in [0.25, 0.3) is 0 Å².